The standard InChI is InChI=1S/C6H12O3/c1-5(8-3)4-9-6(2)7/h5H,4H2,1-3H3/t5-/m0/s1. The van der Waals surface area contributed by atoms with Crippen molar-refractivity contribution in [2.24, 2.45) is 0 Å². The molecule has 0 bridgehead atoms. The Balaban J connectivity index is 3.16. The number of methoxy groups -OCH3 is 1. The van der Waals surface area contributed by atoms with Crippen molar-refractivity contribution >= 4 is 5.97 Å². The highest BCUT2D eigenvalue weighted by Gasteiger charge is 1.99. The number of hydrogen-bond donors (Lipinski definition) is 0. The third-order valence-corrected chi connectivity index (χ3v) is 0.924. The van der Waals surface area contributed by atoms with E-state index in [0.29, 0.717) is 6.61 Å². The monoisotopic (exact) mass is 132 g/mol. The lowest BCUT2D eigenvalue weighted by atomic mass is 10.4. The van der Waals surface area contributed by atoms with E-state index in [4.69, 9.17) is 4.74 Å². The van der Waals surface area contributed by atoms with Crippen molar-refractivity contribution in [2.75, 3.05) is 13.7 Å². The quantitative estimate of drug-likeness (QED) is 0.527. The molecule has 0 fully saturated rings. The molecule has 0 amide bonds. The first-order valence-corrected chi connectivity index (χ1v) is 2.83. The van der Waals surface area contributed by atoms with E-state index in [-0.39, 0.29) is 12.1 Å². The molecule has 0 rings (SSSR count). The normalized spacial score (nSPS) is 12.8. The third-order valence-electron chi connectivity index (χ3n) is 0.924. The smallest absolute Gasteiger partial charge is 0.302 e. The Morgan fingerprint density at radius 3 is 2.56 bits per heavy atom. The van der Waals surface area contributed by atoms with Gasteiger partial charge in [0.1, 0.15) is 6.61 Å². The summed E-state index contributed by atoms with van der Waals surface area (Å²) >= 11 is 0. The zero-order valence-electron chi connectivity index (χ0n) is 6.01. The lowest BCUT2D eigenvalue weighted by molar-refractivity contribution is -0.144. The average molecular weight is 132 g/mol. The summed E-state index contributed by atoms with van der Waals surface area (Å²) in [5, 5.41) is 0. The van der Waals surface area contributed by atoms with Gasteiger partial charge < -0.3 is 9.47 Å². The van der Waals surface area contributed by atoms with Gasteiger partial charge in [-0.1, -0.05) is 0 Å². The van der Waals surface area contributed by atoms with Gasteiger partial charge in [0.05, 0.1) is 6.10 Å². The van der Waals surface area contributed by atoms with Gasteiger partial charge in [-0.3, -0.25) is 4.79 Å². The van der Waals surface area contributed by atoms with E-state index in [1.54, 1.807) is 7.11 Å². The molecule has 0 aromatic heterocycles. The second kappa shape index (κ2) is 4.32. The molecule has 0 saturated carbocycles. The Hall–Kier alpha value is -0.570. The summed E-state index contributed by atoms with van der Waals surface area (Å²) in [6, 6.07) is 0. The average Bonchev–Trinajstić information content (AvgIpc) is 1.83. The topological polar surface area (TPSA) is 35.5 Å². The van der Waals surface area contributed by atoms with Crippen LogP contribution in [-0.2, 0) is 14.3 Å². The molecule has 0 aliphatic rings. The number of carbonyl (C=O) groups excluding carboxylic acids is 1. The second-order valence-electron chi connectivity index (χ2n) is 1.85. The summed E-state index contributed by atoms with van der Waals surface area (Å²) in [7, 11) is 1.58. The Labute approximate surface area is 55.0 Å². The third kappa shape index (κ3) is 5.30. The van der Waals surface area contributed by atoms with Crippen molar-refractivity contribution in [3.8, 4) is 0 Å². The summed E-state index contributed by atoms with van der Waals surface area (Å²) < 4.78 is 9.45. The Kier molecular flexibility index (Phi) is 4.05. The highest BCUT2D eigenvalue weighted by atomic mass is 16.6. The van der Waals surface area contributed by atoms with Crippen LogP contribution in [0, 0.1) is 0 Å². The van der Waals surface area contributed by atoms with E-state index in [2.05, 4.69) is 4.74 Å². The van der Waals surface area contributed by atoms with Crippen molar-refractivity contribution in [1.82, 2.24) is 0 Å². The molecule has 0 heterocycles. The van der Waals surface area contributed by atoms with Crippen LogP contribution in [0.5, 0.6) is 0 Å². The second-order valence-corrected chi connectivity index (χ2v) is 1.85. The van der Waals surface area contributed by atoms with Gasteiger partial charge in [0.2, 0.25) is 0 Å². The molecule has 0 radical (unpaired) electrons. The summed E-state index contributed by atoms with van der Waals surface area (Å²) in [6.07, 6.45) is -0.00565. The lowest BCUT2D eigenvalue weighted by Crippen LogP contribution is -2.15. The van der Waals surface area contributed by atoms with Crippen LogP contribution in [0.15, 0.2) is 0 Å². The SMILES string of the molecule is CO[C@@H](C)COC(C)=O. The highest BCUT2D eigenvalue weighted by molar-refractivity contribution is 5.65. The maximum atomic E-state index is 10.2. The minimum absolute atomic E-state index is 0.00565. The van der Waals surface area contributed by atoms with Crippen LogP contribution in [0.2, 0.25) is 0 Å². The van der Waals surface area contributed by atoms with Crippen LogP contribution >= 0.6 is 0 Å². The number of carbonyl (C=O) groups is 1. The molecule has 0 aromatic carbocycles. The molecule has 0 N–H and O–H groups in total. The number of ether oxygens (including phenoxy) is 2. The summed E-state index contributed by atoms with van der Waals surface area (Å²) in [5.41, 5.74) is 0. The van der Waals surface area contributed by atoms with E-state index in [1.165, 1.54) is 6.92 Å². The van der Waals surface area contributed by atoms with Crippen molar-refractivity contribution < 1.29 is 14.3 Å². The van der Waals surface area contributed by atoms with Crippen molar-refractivity contribution in [3.05, 3.63) is 0 Å². The molecule has 0 aliphatic heterocycles. The van der Waals surface area contributed by atoms with Crippen LogP contribution in [0.25, 0.3) is 0 Å². The zero-order chi connectivity index (χ0) is 7.28. The molecule has 0 spiro atoms. The van der Waals surface area contributed by atoms with Gasteiger partial charge in [0.25, 0.3) is 0 Å². The molecule has 3 nitrogen and oxygen atoms in total. The van der Waals surface area contributed by atoms with Gasteiger partial charge in [-0.15, -0.1) is 0 Å². The first-order valence-electron chi connectivity index (χ1n) is 2.83. The summed E-state index contributed by atoms with van der Waals surface area (Å²) in [4.78, 5) is 10.2. The molecule has 0 saturated heterocycles. The highest BCUT2D eigenvalue weighted by Crippen LogP contribution is 1.88. The molecule has 3 heteroatoms. The van der Waals surface area contributed by atoms with E-state index in [1.807, 2.05) is 6.92 Å². The first-order chi connectivity index (χ1) is 4.16. The van der Waals surface area contributed by atoms with Crippen LogP contribution in [0.4, 0.5) is 0 Å². The van der Waals surface area contributed by atoms with Crippen LogP contribution in [0.3, 0.4) is 0 Å². The zero-order valence-corrected chi connectivity index (χ0v) is 6.01. The molecular weight excluding hydrogens is 120 g/mol. The summed E-state index contributed by atoms with van der Waals surface area (Å²) in [6.45, 7) is 3.55. The largest absolute Gasteiger partial charge is 0.463 e. The van der Waals surface area contributed by atoms with Gasteiger partial charge in [0.15, 0.2) is 0 Å². The molecule has 0 unspecified atom stereocenters. The van der Waals surface area contributed by atoms with E-state index < -0.39 is 0 Å². The lowest BCUT2D eigenvalue weighted by Gasteiger charge is -2.07. The van der Waals surface area contributed by atoms with E-state index in [9.17, 15) is 4.79 Å². The summed E-state index contributed by atoms with van der Waals surface area (Å²) in [5.74, 6) is -0.265. The number of rotatable bonds is 3. The first kappa shape index (κ1) is 8.43. The predicted octanol–water partition coefficient (Wildman–Crippen LogP) is 0.584. The van der Waals surface area contributed by atoms with Crippen LogP contribution in [0.1, 0.15) is 13.8 Å². The minimum atomic E-state index is -0.265. The molecule has 0 aromatic rings. The fourth-order valence-electron chi connectivity index (χ4n) is 0.303. The molecule has 54 valence electrons. The fraction of sp³-hybridized carbons (Fsp3) is 0.833. The van der Waals surface area contributed by atoms with Gasteiger partial charge in [-0.2, -0.15) is 0 Å². The van der Waals surface area contributed by atoms with Gasteiger partial charge >= 0.3 is 5.97 Å². The van der Waals surface area contributed by atoms with Gasteiger partial charge in [-0.25, -0.2) is 0 Å². The van der Waals surface area contributed by atoms with Gasteiger partial charge in [0, 0.05) is 14.0 Å². The fourth-order valence-corrected chi connectivity index (χ4v) is 0.303. The van der Waals surface area contributed by atoms with Crippen LogP contribution < -0.4 is 0 Å². The van der Waals surface area contributed by atoms with Crippen molar-refractivity contribution in [1.29, 1.82) is 0 Å². The molecule has 9 heavy (non-hydrogen) atoms. The van der Waals surface area contributed by atoms with E-state index >= 15 is 0 Å². The maximum Gasteiger partial charge on any atom is 0.302 e. The molecule has 1 atom stereocenters. The van der Waals surface area contributed by atoms with Crippen molar-refractivity contribution in [2.45, 2.75) is 20.0 Å². The Bertz CT molecular complexity index is 90.3. The predicted molar refractivity (Wildman–Crippen MR) is 33.1 cm³/mol. The maximum absolute atomic E-state index is 10.2. The Morgan fingerprint density at radius 1 is 1.67 bits per heavy atom. The minimum Gasteiger partial charge on any atom is -0.463 e. The molecule has 0 aliphatic carbocycles. The number of hydrogen-bond acceptors (Lipinski definition) is 3. The number of esters is 1. The van der Waals surface area contributed by atoms with E-state index in [0.717, 1.165) is 0 Å². The molecular formula is C6H12O3. The Morgan fingerprint density at radius 2 is 2.22 bits per heavy atom. The van der Waals surface area contributed by atoms with Gasteiger partial charge in [-0.05, 0) is 6.92 Å². The van der Waals surface area contributed by atoms with Crippen molar-refractivity contribution in [3.63, 3.8) is 0 Å². The van der Waals surface area contributed by atoms with Crippen LogP contribution in [-0.4, -0.2) is 25.8 Å².